The maximum atomic E-state index is 11.9. The first-order valence-corrected chi connectivity index (χ1v) is 7.58. The first kappa shape index (κ1) is 15.6. The molecule has 1 unspecified atom stereocenters. The largest absolute Gasteiger partial charge is 0.478 e. The SMILES string of the molecule is O=C(NCC1CC=CCC1)Nc1cc(Br)ccc1C(=O)O. The Morgan fingerprint density at radius 3 is 2.81 bits per heavy atom. The van der Waals surface area contributed by atoms with Crippen LogP contribution in [0.4, 0.5) is 10.5 Å². The molecule has 0 spiro atoms. The lowest BCUT2D eigenvalue weighted by molar-refractivity contribution is 0.0698. The normalized spacial score (nSPS) is 17.3. The molecule has 0 aliphatic heterocycles. The van der Waals surface area contributed by atoms with Crippen LogP contribution in [0.1, 0.15) is 29.6 Å². The summed E-state index contributed by atoms with van der Waals surface area (Å²) in [5.74, 6) is -0.627. The molecule has 1 aliphatic rings. The van der Waals surface area contributed by atoms with E-state index in [4.69, 9.17) is 5.11 Å². The molecule has 112 valence electrons. The number of anilines is 1. The van der Waals surface area contributed by atoms with Crippen molar-refractivity contribution in [3.05, 3.63) is 40.4 Å². The average Bonchev–Trinajstić information content (AvgIpc) is 2.46. The zero-order valence-corrected chi connectivity index (χ0v) is 13.0. The minimum Gasteiger partial charge on any atom is -0.478 e. The Balaban J connectivity index is 1.94. The number of rotatable bonds is 4. The number of carboxylic acids is 1. The zero-order chi connectivity index (χ0) is 15.2. The van der Waals surface area contributed by atoms with Crippen LogP contribution in [0.2, 0.25) is 0 Å². The monoisotopic (exact) mass is 352 g/mol. The minimum atomic E-state index is -1.07. The Labute approximate surface area is 131 Å². The molecule has 0 saturated carbocycles. The van der Waals surface area contributed by atoms with E-state index >= 15 is 0 Å². The van der Waals surface area contributed by atoms with Crippen LogP contribution in [-0.2, 0) is 0 Å². The summed E-state index contributed by atoms with van der Waals surface area (Å²) in [5.41, 5.74) is 0.340. The highest BCUT2D eigenvalue weighted by Gasteiger charge is 2.14. The molecule has 2 rings (SSSR count). The smallest absolute Gasteiger partial charge is 0.337 e. The molecule has 0 heterocycles. The lowest BCUT2D eigenvalue weighted by Gasteiger charge is -2.18. The summed E-state index contributed by atoms with van der Waals surface area (Å²) in [4.78, 5) is 23.0. The lowest BCUT2D eigenvalue weighted by atomic mass is 9.94. The van der Waals surface area contributed by atoms with Crippen molar-refractivity contribution in [1.82, 2.24) is 5.32 Å². The van der Waals surface area contributed by atoms with Gasteiger partial charge in [-0.15, -0.1) is 0 Å². The second-order valence-corrected chi connectivity index (χ2v) is 5.90. The average molecular weight is 353 g/mol. The topological polar surface area (TPSA) is 78.4 Å². The van der Waals surface area contributed by atoms with E-state index in [2.05, 4.69) is 38.7 Å². The highest BCUT2D eigenvalue weighted by Crippen LogP contribution is 2.22. The minimum absolute atomic E-state index is 0.0638. The number of aromatic carboxylic acids is 1. The van der Waals surface area contributed by atoms with Gasteiger partial charge in [0.15, 0.2) is 0 Å². The van der Waals surface area contributed by atoms with Gasteiger partial charge in [-0.25, -0.2) is 9.59 Å². The van der Waals surface area contributed by atoms with Crippen molar-refractivity contribution in [1.29, 1.82) is 0 Å². The van der Waals surface area contributed by atoms with Crippen molar-refractivity contribution in [3.8, 4) is 0 Å². The zero-order valence-electron chi connectivity index (χ0n) is 11.4. The highest BCUT2D eigenvalue weighted by molar-refractivity contribution is 9.10. The Kier molecular flexibility index (Phi) is 5.38. The molecule has 1 aromatic carbocycles. The number of carbonyl (C=O) groups is 2. The molecular weight excluding hydrogens is 336 g/mol. The molecule has 1 aliphatic carbocycles. The molecule has 1 aromatic rings. The fourth-order valence-electron chi connectivity index (χ4n) is 2.25. The standard InChI is InChI=1S/C15H17BrN2O3/c16-11-6-7-12(14(19)20)13(8-11)18-15(21)17-9-10-4-2-1-3-5-10/h1-2,6-8,10H,3-5,9H2,(H,19,20)(H2,17,18,21). The Bertz CT molecular complexity index is 572. The van der Waals surface area contributed by atoms with Gasteiger partial charge in [-0.2, -0.15) is 0 Å². The van der Waals surface area contributed by atoms with Gasteiger partial charge in [0.1, 0.15) is 0 Å². The van der Waals surface area contributed by atoms with Gasteiger partial charge < -0.3 is 15.7 Å². The highest BCUT2D eigenvalue weighted by atomic mass is 79.9. The summed E-state index contributed by atoms with van der Waals surface area (Å²) < 4.78 is 0.709. The molecule has 3 N–H and O–H groups in total. The van der Waals surface area contributed by atoms with Crippen LogP contribution in [0.3, 0.4) is 0 Å². The molecular formula is C15H17BrN2O3. The molecule has 0 radical (unpaired) electrons. The van der Waals surface area contributed by atoms with Crippen LogP contribution in [0.15, 0.2) is 34.8 Å². The maximum absolute atomic E-state index is 11.9. The van der Waals surface area contributed by atoms with Gasteiger partial charge in [-0.05, 0) is 43.4 Å². The lowest BCUT2D eigenvalue weighted by Crippen LogP contribution is -2.33. The molecule has 0 saturated heterocycles. The van der Waals surface area contributed by atoms with E-state index in [9.17, 15) is 9.59 Å². The Morgan fingerprint density at radius 1 is 1.33 bits per heavy atom. The molecule has 6 heteroatoms. The summed E-state index contributed by atoms with van der Waals surface area (Å²) in [6, 6.07) is 4.27. The number of carboxylic acid groups (broad SMARTS) is 1. The van der Waals surface area contributed by atoms with Gasteiger partial charge in [-0.3, -0.25) is 0 Å². The fraction of sp³-hybridized carbons (Fsp3) is 0.333. The number of urea groups is 1. The third-order valence-corrected chi connectivity index (χ3v) is 3.88. The van der Waals surface area contributed by atoms with Crippen LogP contribution < -0.4 is 10.6 Å². The van der Waals surface area contributed by atoms with Gasteiger partial charge in [0.25, 0.3) is 0 Å². The van der Waals surface area contributed by atoms with Crippen molar-refractivity contribution < 1.29 is 14.7 Å². The number of allylic oxidation sites excluding steroid dienone is 2. The summed E-state index contributed by atoms with van der Waals surface area (Å²) in [5, 5.41) is 14.5. The number of hydrogen-bond donors (Lipinski definition) is 3. The van der Waals surface area contributed by atoms with E-state index in [0.717, 1.165) is 19.3 Å². The molecule has 5 nitrogen and oxygen atoms in total. The first-order valence-electron chi connectivity index (χ1n) is 6.79. The number of carbonyl (C=O) groups excluding carboxylic acids is 1. The van der Waals surface area contributed by atoms with Crippen molar-refractivity contribution >= 4 is 33.6 Å². The summed E-state index contributed by atoms with van der Waals surface area (Å²) in [7, 11) is 0. The molecule has 0 fully saturated rings. The van der Waals surface area contributed by atoms with Crippen LogP contribution in [-0.4, -0.2) is 23.7 Å². The van der Waals surface area contributed by atoms with Crippen molar-refractivity contribution in [2.45, 2.75) is 19.3 Å². The molecule has 1 atom stereocenters. The van der Waals surface area contributed by atoms with Crippen LogP contribution in [0, 0.1) is 5.92 Å². The molecule has 2 amide bonds. The van der Waals surface area contributed by atoms with Gasteiger partial charge in [0.05, 0.1) is 11.3 Å². The first-order chi connectivity index (χ1) is 10.1. The maximum Gasteiger partial charge on any atom is 0.337 e. The van der Waals surface area contributed by atoms with E-state index < -0.39 is 5.97 Å². The van der Waals surface area contributed by atoms with Gasteiger partial charge in [0, 0.05) is 11.0 Å². The molecule has 0 aromatic heterocycles. The third kappa shape index (κ3) is 4.60. The van der Waals surface area contributed by atoms with Crippen molar-refractivity contribution in [3.63, 3.8) is 0 Å². The number of hydrogen-bond acceptors (Lipinski definition) is 2. The predicted octanol–water partition coefficient (Wildman–Crippen LogP) is 3.63. The van der Waals surface area contributed by atoms with Gasteiger partial charge in [0.2, 0.25) is 0 Å². The van der Waals surface area contributed by atoms with Crippen LogP contribution >= 0.6 is 15.9 Å². The van der Waals surface area contributed by atoms with Crippen molar-refractivity contribution in [2.75, 3.05) is 11.9 Å². The third-order valence-electron chi connectivity index (χ3n) is 3.39. The van der Waals surface area contributed by atoms with Gasteiger partial charge >= 0.3 is 12.0 Å². The summed E-state index contributed by atoms with van der Waals surface area (Å²) >= 11 is 3.26. The molecule has 21 heavy (non-hydrogen) atoms. The number of benzene rings is 1. The van der Waals surface area contributed by atoms with E-state index in [-0.39, 0.29) is 17.3 Å². The predicted molar refractivity (Wildman–Crippen MR) is 84.6 cm³/mol. The van der Waals surface area contributed by atoms with Crippen molar-refractivity contribution in [2.24, 2.45) is 5.92 Å². The number of amides is 2. The van der Waals surface area contributed by atoms with Crippen LogP contribution in [0.25, 0.3) is 0 Å². The Hall–Kier alpha value is -1.82. The van der Waals surface area contributed by atoms with Gasteiger partial charge in [-0.1, -0.05) is 28.1 Å². The summed E-state index contributed by atoms with van der Waals surface area (Å²) in [6.07, 6.45) is 7.36. The molecule has 0 bridgehead atoms. The van der Waals surface area contributed by atoms with E-state index in [1.807, 2.05) is 0 Å². The van der Waals surface area contributed by atoms with Crippen LogP contribution in [0.5, 0.6) is 0 Å². The number of halogens is 1. The van der Waals surface area contributed by atoms with E-state index in [1.165, 1.54) is 6.07 Å². The number of nitrogens with one attached hydrogen (secondary N) is 2. The quantitative estimate of drug-likeness (QED) is 0.724. The Morgan fingerprint density at radius 2 is 2.14 bits per heavy atom. The second kappa shape index (κ2) is 7.26. The second-order valence-electron chi connectivity index (χ2n) is 4.98. The van der Waals surface area contributed by atoms with E-state index in [0.29, 0.717) is 16.9 Å². The fourth-order valence-corrected chi connectivity index (χ4v) is 2.61. The van der Waals surface area contributed by atoms with E-state index in [1.54, 1.807) is 12.1 Å². The summed E-state index contributed by atoms with van der Waals surface area (Å²) in [6.45, 7) is 0.590.